The number of amides is 3. The summed E-state index contributed by atoms with van der Waals surface area (Å²) in [7, 11) is 0. The minimum atomic E-state index is -0.593. The lowest BCUT2D eigenvalue weighted by atomic mass is 10.2. The maximum atomic E-state index is 13.0. The summed E-state index contributed by atoms with van der Waals surface area (Å²) in [6.45, 7) is 1.80. The Morgan fingerprint density at radius 1 is 1.04 bits per heavy atom. The molecule has 118 valence electrons. The van der Waals surface area contributed by atoms with E-state index in [1.165, 1.54) is 21.9 Å². The maximum Gasteiger partial charge on any atom is 0.332 e. The first-order valence-electron chi connectivity index (χ1n) is 7.12. The Bertz CT molecular complexity index is 746. The molecule has 0 aromatic heterocycles. The molecule has 0 spiro atoms. The van der Waals surface area contributed by atoms with Crippen LogP contribution in [0.1, 0.15) is 12.5 Å². The second-order valence-electron chi connectivity index (χ2n) is 5.36. The largest absolute Gasteiger partial charge is 0.332 e. The molecule has 0 saturated carbocycles. The summed E-state index contributed by atoms with van der Waals surface area (Å²) in [5.74, 6) is -0.641. The minimum Gasteiger partial charge on any atom is -0.282 e. The van der Waals surface area contributed by atoms with Crippen LogP contribution in [0.2, 0.25) is 5.02 Å². The highest BCUT2D eigenvalue weighted by atomic mass is 35.5. The number of urea groups is 1. The van der Waals surface area contributed by atoms with Crippen molar-refractivity contribution >= 4 is 29.2 Å². The van der Waals surface area contributed by atoms with Crippen molar-refractivity contribution in [3.05, 3.63) is 64.9 Å². The molecule has 0 aliphatic carbocycles. The maximum absolute atomic E-state index is 13.0. The van der Waals surface area contributed by atoms with Crippen molar-refractivity contribution in [1.82, 2.24) is 4.90 Å². The van der Waals surface area contributed by atoms with E-state index >= 15 is 0 Å². The quantitative estimate of drug-likeness (QED) is 0.801. The summed E-state index contributed by atoms with van der Waals surface area (Å²) in [6, 6.07) is 11.5. The Morgan fingerprint density at radius 2 is 1.65 bits per heavy atom. The smallest absolute Gasteiger partial charge is 0.282 e. The fourth-order valence-corrected chi connectivity index (χ4v) is 2.71. The Labute approximate surface area is 138 Å². The molecule has 1 aliphatic rings. The Morgan fingerprint density at radius 3 is 2.26 bits per heavy atom. The zero-order valence-corrected chi connectivity index (χ0v) is 13.1. The molecule has 23 heavy (non-hydrogen) atoms. The summed E-state index contributed by atoms with van der Waals surface area (Å²) >= 11 is 5.86. The van der Waals surface area contributed by atoms with Crippen LogP contribution in [0.3, 0.4) is 0 Å². The zero-order chi connectivity index (χ0) is 16.6. The predicted molar refractivity (Wildman–Crippen MR) is 85.7 cm³/mol. The fraction of sp³-hybridized carbons (Fsp3) is 0.176. The molecule has 0 bridgehead atoms. The van der Waals surface area contributed by atoms with E-state index in [0.29, 0.717) is 16.3 Å². The average molecular weight is 333 g/mol. The third-order valence-electron chi connectivity index (χ3n) is 3.81. The summed E-state index contributed by atoms with van der Waals surface area (Å²) in [5, 5.41) is 0.558. The van der Waals surface area contributed by atoms with Gasteiger partial charge in [0.25, 0.3) is 5.91 Å². The molecule has 0 unspecified atom stereocenters. The van der Waals surface area contributed by atoms with Gasteiger partial charge in [0.05, 0.1) is 6.54 Å². The van der Waals surface area contributed by atoms with Crippen molar-refractivity contribution in [3.8, 4) is 0 Å². The van der Waals surface area contributed by atoms with Crippen molar-refractivity contribution in [2.45, 2.75) is 19.5 Å². The lowest BCUT2D eigenvalue weighted by molar-refractivity contribution is -0.127. The van der Waals surface area contributed by atoms with Gasteiger partial charge >= 0.3 is 6.03 Å². The number of nitrogens with zero attached hydrogens (tertiary/aromatic N) is 2. The normalized spacial score (nSPS) is 18.0. The first-order chi connectivity index (χ1) is 11.0. The number of carbonyl (C=O) groups is 2. The monoisotopic (exact) mass is 332 g/mol. The highest BCUT2D eigenvalue weighted by Crippen LogP contribution is 2.28. The molecule has 0 radical (unpaired) electrons. The summed E-state index contributed by atoms with van der Waals surface area (Å²) in [6.07, 6.45) is 0. The number of imide groups is 1. The molecule has 4 nitrogen and oxygen atoms in total. The number of benzene rings is 2. The summed E-state index contributed by atoms with van der Waals surface area (Å²) in [5.41, 5.74) is 1.31. The van der Waals surface area contributed by atoms with Crippen molar-refractivity contribution in [1.29, 1.82) is 0 Å². The van der Waals surface area contributed by atoms with E-state index in [1.54, 1.807) is 43.3 Å². The van der Waals surface area contributed by atoms with Crippen LogP contribution in [0, 0.1) is 5.82 Å². The van der Waals surface area contributed by atoms with Crippen molar-refractivity contribution < 1.29 is 14.0 Å². The molecule has 3 amide bonds. The lowest BCUT2D eigenvalue weighted by Crippen LogP contribution is -2.33. The minimum absolute atomic E-state index is 0.117. The molecule has 6 heteroatoms. The van der Waals surface area contributed by atoms with Gasteiger partial charge in [-0.05, 0) is 48.9 Å². The van der Waals surface area contributed by atoms with Crippen LogP contribution in [0.15, 0.2) is 48.5 Å². The van der Waals surface area contributed by atoms with Crippen LogP contribution in [-0.4, -0.2) is 22.9 Å². The zero-order valence-electron chi connectivity index (χ0n) is 12.4. The molecular formula is C17H14ClFN2O2. The van der Waals surface area contributed by atoms with Crippen LogP contribution in [-0.2, 0) is 11.3 Å². The van der Waals surface area contributed by atoms with Gasteiger partial charge in [-0.1, -0.05) is 23.7 Å². The third-order valence-corrected chi connectivity index (χ3v) is 4.06. The number of halogens is 2. The van der Waals surface area contributed by atoms with Crippen LogP contribution in [0.25, 0.3) is 0 Å². The summed E-state index contributed by atoms with van der Waals surface area (Å²) < 4.78 is 13.0. The predicted octanol–water partition coefficient (Wildman–Crippen LogP) is 3.84. The first-order valence-corrected chi connectivity index (χ1v) is 7.50. The summed E-state index contributed by atoms with van der Waals surface area (Å²) in [4.78, 5) is 27.6. The van der Waals surface area contributed by atoms with E-state index in [1.807, 2.05) is 0 Å². The van der Waals surface area contributed by atoms with Crippen LogP contribution < -0.4 is 4.90 Å². The van der Waals surface area contributed by atoms with E-state index < -0.39 is 12.1 Å². The van der Waals surface area contributed by atoms with E-state index in [9.17, 15) is 14.0 Å². The fourth-order valence-electron chi connectivity index (χ4n) is 2.58. The number of carbonyl (C=O) groups excluding carboxylic acids is 2. The molecular weight excluding hydrogens is 319 g/mol. The molecule has 1 heterocycles. The van der Waals surface area contributed by atoms with Gasteiger partial charge in [-0.25, -0.2) is 9.18 Å². The first kappa shape index (κ1) is 15.5. The highest BCUT2D eigenvalue weighted by molar-refractivity contribution is 6.30. The molecule has 2 aromatic rings. The molecule has 1 aliphatic heterocycles. The molecule has 3 rings (SSSR count). The Hall–Kier alpha value is -2.40. The molecule has 1 fully saturated rings. The van der Waals surface area contributed by atoms with Crippen LogP contribution >= 0.6 is 11.6 Å². The van der Waals surface area contributed by atoms with Gasteiger partial charge < -0.3 is 0 Å². The number of hydrogen-bond acceptors (Lipinski definition) is 2. The Kier molecular flexibility index (Phi) is 4.05. The number of hydrogen-bond donors (Lipinski definition) is 0. The second kappa shape index (κ2) is 6.01. The average Bonchev–Trinajstić information content (AvgIpc) is 2.74. The number of anilines is 1. The topological polar surface area (TPSA) is 40.6 Å². The molecule has 1 saturated heterocycles. The van der Waals surface area contributed by atoms with Crippen LogP contribution in [0.5, 0.6) is 0 Å². The van der Waals surface area contributed by atoms with E-state index in [2.05, 4.69) is 0 Å². The SMILES string of the molecule is C[C@H]1C(=O)N(Cc2ccc(F)cc2)C(=O)N1c1ccc(Cl)cc1. The molecule has 0 N–H and O–H groups in total. The van der Waals surface area contributed by atoms with E-state index in [4.69, 9.17) is 11.6 Å². The molecule has 1 atom stereocenters. The van der Waals surface area contributed by atoms with Gasteiger partial charge in [0.2, 0.25) is 0 Å². The van der Waals surface area contributed by atoms with E-state index in [-0.39, 0.29) is 18.3 Å². The number of rotatable bonds is 3. The van der Waals surface area contributed by atoms with Gasteiger partial charge in [0.15, 0.2) is 0 Å². The van der Waals surface area contributed by atoms with Gasteiger partial charge in [-0.15, -0.1) is 0 Å². The van der Waals surface area contributed by atoms with Crippen molar-refractivity contribution in [2.75, 3.05) is 4.90 Å². The van der Waals surface area contributed by atoms with Crippen molar-refractivity contribution in [3.63, 3.8) is 0 Å². The second-order valence-corrected chi connectivity index (χ2v) is 5.79. The van der Waals surface area contributed by atoms with Gasteiger partial charge in [-0.2, -0.15) is 0 Å². The Balaban J connectivity index is 1.85. The van der Waals surface area contributed by atoms with Gasteiger partial charge in [0.1, 0.15) is 11.9 Å². The third kappa shape index (κ3) is 2.92. The lowest BCUT2D eigenvalue weighted by Gasteiger charge is -2.19. The molecule has 2 aromatic carbocycles. The van der Waals surface area contributed by atoms with Crippen LogP contribution in [0.4, 0.5) is 14.9 Å². The van der Waals surface area contributed by atoms with Crippen molar-refractivity contribution in [2.24, 2.45) is 0 Å². The van der Waals surface area contributed by atoms with Gasteiger partial charge in [0, 0.05) is 10.7 Å². The highest BCUT2D eigenvalue weighted by Gasteiger charge is 2.43. The van der Waals surface area contributed by atoms with E-state index in [0.717, 1.165) is 0 Å². The standard InChI is InChI=1S/C17H14ClFN2O2/c1-11-16(22)20(10-12-2-6-14(19)7-3-12)17(23)21(11)15-8-4-13(18)5-9-15/h2-9,11H,10H2,1H3/t11-/m0/s1. The van der Waals surface area contributed by atoms with Gasteiger partial charge in [-0.3, -0.25) is 14.6 Å².